The molecule has 24 heavy (non-hydrogen) atoms. The Morgan fingerprint density at radius 1 is 1.21 bits per heavy atom. The minimum absolute atomic E-state index is 0.0279. The highest BCUT2D eigenvalue weighted by molar-refractivity contribution is 5.89. The summed E-state index contributed by atoms with van der Waals surface area (Å²) in [6.45, 7) is 11.5. The first-order valence-corrected chi connectivity index (χ1v) is 8.43. The lowest BCUT2D eigenvalue weighted by Gasteiger charge is -2.23. The van der Waals surface area contributed by atoms with Crippen molar-refractivity contribution in [1.29, 1.82) is 0 Å². The van der Waals surface area contributed by atoms with E-state index in [9.17, 15) is 9.59 Å². The summed E-state index contributed by atoms with van der Waals surface area (Å²) in [4.78, 5) is 24.8. The zero-order valence-corrected chi connectivity index (χ0v) is 14.8. The van der Waals surface area contributed by atoms with E-state index in [2.05, 4.69) is 6.58 Å². The number of esters is 2. The van der Waals surface area contributed by atoms with Crippen LogP contribution in [-0.4, -0.2) is 24.1 Å². The van der Waals surface area contributed by atoms with Gasteiger partial charge in [0, 0.05) is 5.92 Å². The zero-order chi connectivity index (χ0) is 17.9. The Balaban J connectivity index is 2.13. The second-order valence-electron chi connectivity index (χ2n) is 6.87. The van der Waals surface area contributed by atoms with Crippen LogP contribution in [0.5, 0.6) is 0 Å². The van der Waals surface area contributed by atoms with Gasteiger partial charge >= 0.3 is 11.9 Å². The Bertz CT molecular complexity index is 605. The van der Waals surface area contributed by atoms with Gasteiger partial charge in [0.05, 0.1) is 17.6 Å². The number of hydrogen-bond donors (Lipinski definition) is 0. The van der Waals surface area contributed by atoms with Gasteiger partial charge in [-0.05, 0) is 45.2 Å². The topological polar surface area (TPSA) is 52.6 Å². The van der Waals surface area contributed by atoms with E-state index in [1.165, 1.54) is 0 Å². The molecule has 4 atom stereocenters. The molecule has 1 aromatic rings. The third kappa shape index (κ3) is 4.05. The van der Waals surface area contributed by atoms with Crippen molar-refractivity contribution in [3.8, 4) is 0 Å². The van der Waals surface area contributed by atoms with E-state index in [0.29, 0.717) is 12.0 Å². The molecular formula is C20H26O4. The van der Waals surface area contributed by atoms with Crippen LogP contribution in [-0.2, 0) is 14.3 Å². The van der Waals surface area contributed by atoms with E-state index in [1.54, 1.807) is 24.3 Å². The van der Waals surface area contributed by atoms with Crippen molar-refractivity contribution < 1.29 is 19.1 Å². The molecule has 0 unspecified atom stereocenters. The van der Waals surface area contributed by atoms with Gasteiger partial charge in [-0.1, -0.05) is 37.3 Å². The molecule has 0 aromatic heterocycles. The van der Waals surface area contributed by atoms with Gasteiger partial charge in [0.15, 0.2) is 0 Å². The van der Waals surface area contributed by atoms with Crippen LogP contribution in [0.15, 0.2) is 42.5 Å². The van der Waals surface area contributed by atoms with E-state index < -0.39 is 0 Å². The average molecular weight is 330 g/mol. The smallest absolute Gasteiger partial charge is 0.338 e. The van der Waals surface area contributed by atoms with Gasteiger partial charge in [0.2, 0.25) is 0 Å². The fraction of sp³-hybridized carbons (Fsp3) is 0.500. The first-order valence-electron chi connectivity index (χ1n) is 8.43. The van der Waals surface area contributed by atoms with Crippen molar-refractivity contribution in [3.05, 3.63) is 48.0 Å². The molecular weight excluding hydrogens is 304 g/mol. The van der Waals surface area contributed by atoms with Crippen LogP contribution in [0.4, 0.5) is 0 Å². The fourth-order valence-corrected chi connectivity index (χ4v) is 3.34. The molecule has 1 saturated carbocycles. The second-order valence-corrected chi connectivity index (χ2v) is 6.87. The number of carbonyl (C=O) groups excluding carboxylic acids is 2. The third-order valence-corrected chi connectivity index (χ3v) is 4.60. The highest BCUT2D eigenvalue weighted by Gasteiger charge is 2.47. The summed E-state index contributed by atoms with van der Waals surface area (Å²) in [6, 6.07) is 8.90. The molecule has 1 fully saturated rings. The number of rotatable bonds is 5. The molecule has 0 bridgehead atoms. The predicted octanol–water partition coefficient (Wildman–Crippen LogP) is 4.01. The van der Waals surface area contributed by atoms with Gasteiger partial charge in [0.1, 0.15) is 6.10 Å². The van der Waals surface area contributed by atoms with Crippen molar-refractivity contribution in [1.82, 2.24) is 0 Å². The number of ether oxygens (including phenoxy) is 2. The van der Waals surface area contributed by atoms with Crippen LogP contribution >= 0.6 is 0 Å². The molecule has 4 nitrogen and oxygen atoms in total. The van der Waals surface area contributed by atoms with Gasteiger partial charge in [-0.15, -0.1) is 0 Å². The Hall–Kier alpha value is -2.10. The molecule has 0 aliphatic heterocycles. The van der Waals surface area contributed by atoms with Crippen LogP contribution in [0.3, 0.4) is 0 Å². The Kier molecular flexibility index (Phi) is 5.81. The van der Waals surface area contributed by atoms with Gasteiger partial charge in [0.25, 0.3) is 0 Å². The van der Waals surface area contributed by atoms with Crippen molar-refractivity contribution in [2.24, 2.45) is 17.8 Å². The molecule has 4 heteroatoms. The predicted molar refractivity (Wildman–Crippen MR) is 92.4 cm³/mol. The van der Waals surface area contributed by atoms with E-state index in [1.807, 2.05) is 33.8 Å². The molecule has 1 aliphatic rings. The quantitative estimate of drug-likeness (QED) is 0.604. The first kappa shape index (κ1) is 18.2. The highest BCUT2D eigenvalue weighted by Crippen LogP contribution is 2.43. The van der Waals surface area contributed by atoms with Crippen molar-refractivity contribution >= 4 is 11.9 Å². The van der Waals surface area contributed by atoms with E-state index in [4.69, 9.17) is 9.47 Å². The van der Waals surface area contributed by atoms with Gasteiger partial charge in [-0.25, -0.2) is 4.79 Å². The summed E-state index contributed by atoms with van der Waals surface area (Å²) in [5.74, 6) is -1.04. The van der Waals surface area contributed by atoms with Crippen LogP contribution in [0, 0.1) is 17.8 Å². The van der Waals surface area contributed by atoms with Crippen LogP contribution in [0.25, 0.3) is 0 Å². The Labute approximate surface area is 143 Å². The molecule has 0 saturated heterocycles. The molecule has 0 spiro atoms. The highest BCUT2D eigenvalue weighted by atomic mass is 16.6. The number of hydrogen-bond acceptors (Lipinski definition) is 4. The molecule has 1 aromatic carbocycles. The fourth-order valence-electron chi connectivity index (χ4n) is 3.34. The van der Waals surface area contributed by atoms with Crippen LogP contribution in [0.1, 0.15) is 44.5 Å². The van der Waals surface area contributed by atoms with E-state index in [-0.39, 0.29) is 41.9 Å². The maximum absolute atomic E-state index is 12.5. The molecule has 1 aliphatic carbocycles. The van der Waals surface area contributed by atoms with Gasteiger partial charge in [-0.2, -0.15) is 0 Å². The summed E-state index contributed by atoms with van der Waals surface area (Å²) in [6.07, 6.45) is 0.123. The Morgan fingerprint density at radius 3 is 2.38 bits per heavy atom. The third-order valence-electron chi connectivity index (χ3n) is 4.60. The maximum Gasteiger partial charge on any atom is 0.338 e. The van der Waals surface area contributed by atoms with E-state index >= 15 is 0 Å². The summed E-state index contributed by atoms with van der Waals surface area (Å²) in [5.41, 5.74) is 1.44. The standard InChI is InChI=1S/C20H26O4/c1-12(2)16-11-17(14(5)18(16)20(22)23-13(3)4)24-19(21)15-9-7-6-8-10-15/h6-10,13-14,16-18H,1,11H2,2-5H3/t14-,16-,17-,18+/m1/s1. The summed E-state index contributed by atoms with van der Waals surface area (Å²) < 4.78 is 11.1. The summed E-state index contributed by atoms with van der Waals surface area (Å²) >= 11 is 0. The maximum atomic E-state index is 12.5. The number of carbonyl (C=O) groups is 2. The molecule has 2 rings (SSSR count). The molecule has 0 heterocycles. The molecule has 0 N–H and O–H groups in total. The molecule has 0 radical (unpaired) electrons. The largest absolute Gasteiger partial charge is 0.463 e. The van der Waals surface area contributed by atoms with Gasteiger partial charge in [-0.3, -0.25) is 4.79 Å². The SMILES string of the molecule is C=C(C)[C@H]1C[C@@H](OC(=O)c2ccccc2)[C@@H](C)[C@@H]1C(=O)OC(C)C. The molecule has 0 amide bonds. The lowest BCUT2D eigenvalue weighted by molar-refractivity contribution is -0.155. The van der Waals surface area contributed by atoms with Gasteiger partial charge < -0.3 is 9.47 Å². The Morgan fingerprint density at radius 2 is 1.83 bits per heavy atom. The lowest BCUT2D eigenvalue weighted by Crippen LogP contribution is -2.31. The number of benzene rings is 1. The normalized spacial score (nSPS) is 26.2. The lowest BCUT2D eigenvalue weighted by atomic mass is 9.86. The summed E-state index contributed by atoms with van der Waals surface area (Å²) in [7, 11) is 0. The van der Waals surface area contributed by atoms with Crippen LogP contribution in [0.2, 0.25) is 0 Å². The van der Waals surface area contributed by atoms with Crippen molar-refractivity contribution in [2.45, 2.75) is 46.3 Å². The average Bonchev–Trinajstić information content (AvgIpc) is 2.84. The monoisotopic (exact) mass is 330 g/mol. The number of allylic oxidation sites excluding steroid dienone is 1. The zero-order valence-electron chi connectivity index (χ0n) is 14.8. The minimum atomic E-state index is -0.356. The molecule has 130 valence electrons. The van der Waals surface area contributed by atoms with Crippen LogP contribution < -0.4 is 0 Å². The second kappa shape index (κ2) is 7.65. The minimum Gasteiger partial charge on any atom is -0.463 e. The van der Waals surface area contributed by atoms with Crippen molar-refractivity contribution in [3.63, 3.8) is 0 Å². The first-order chi connectivity index (χ1) is 11.3. The van der Waals surface area contributed by atoms with Crippen molar-refractivity contribution in [2.75, 3.05) is 0 Å². The van der Waals surface area contributed by atoms with E-state index in [0.717, 1.165) is 5.57 Å². The summed E-state index contributed by atoms with van der Waals surface area (Å²) in [5, 5.41) is 0.